The molecule has 0 saturated carbocycles. The molecule has 2 aliphatic heterocycles. The van der Waals surface area contributed by atoms with E-state index in [1.165, 1.54) is 21.3 Å². The zero-order chi connectivity index (χ0) is 22.5. The average Bonchev–Trinajstić information content (AvgIpc) is 3.09. The number of fused-ring (bicyclic) bond motifs is 2. The Balaban J connectivity index is 1.33. The molecule has 9 heteroatoms. The predicted molar refractivity (Wildman–Crippen MR) is 121 cm³/mol. The molecule has 1 fully saturated rings. The SMILES string of the molecule is O=C(C1=Cc2ccccc2S1(=O)=O)N1CCN(S(=O)(=O)c2ccc3ccccc3c2)CC1. The molecule has 7 nitrogen and oxygen atoms in total. The fourth-order valence-corrected chi connectivity index (χ4v) is 7.15. The minimum Gasteiger partial charge on any atom is -0.335 e. The summed E-state index contributed by atoms with van der Waals surface area (Å²) in [7, 11) is -7.59. The number of benzene rings is 3. The van der Waals surface area contributed by atoms with Crippen molar-refractivity contribution in [1.82, 2.24) is 9.21 Å². The highest BCUT2D eigenvalue weighted by molar-refractivity contribution is 7.96. The van der Waals surface area contributed by atoms with Gasteiger partial charge < -0.3 is 4.90 Å². The molecule has 5 rings (SSSR count). The van der Waals surface area contributed by atoms with Crippen LogP contribution in [0.3, 0.4) is 0 Å². The Labute approximate surface area is 186 Å². The molecule has 0 spiro atoms. The third-order valence-electron chi connectivity index (χ3n) is 5.88. The molecule has 3 aromatic rings. The summed E-state index contributed by atoms with van der Waals surface area (Å²) in [5.41, 5.74) is 0.494. The predicted octanol–water partition coefficient (Wildman–Crippen LogP) is 2.50. The van der Waals surface area contributed by atoms with Crippen molar-refractivity contribution in [1.29, 1.82) is 0 Å². The molecule has 0 bridgehead atoms. The second-order valence-corrected chi connectivity index (χ2v) is 11.6. The fraction of sp³-hybridized carbons (Fsp3) is 0.174. The van der Waals surface area contributed by atoms with Crippen LogP contribution in [0.5, 0.6) is 0 Å². The van der Waals surface area contributed by atoms with Crippen molar-refractivity contribution in [2.24, 2.45) is 0 Å². The van der Waals surface area contributed by atoms with Gasteiger partial charge in [0.25, 0.3) is 5.91 Å². The summed E-state index contributed by atoms with van der Waals surface area (Å²) in [5.74, 6) is -0.594. The lowest BCUT2D eigenvalue weighted by Gasteiger charge is -2.34. The molecule has 0 radical (unpaired) electrons. The second kappa shape index (κ2) is 7.54. The van der Waals surface area contributed by atoms with E-state index in [0.717, 1.165) is 10.8 Å². The highest BCUT2D eigenvalue weighted by atomic mass is 32.2. The van der Waals surface area contributed by atoms with E-state index < -0.39 is 25.8 Å². The molecular weight excluding hydrogens is 448 g/mol. The van der Waals surface area contributed by atoms with Crippen molar-refractivity contribution in [3.63, 3.8) is 0 Å². The molecule has 2 heterocycles. The van der Waals surface area contributed by atoms with E-state index in [1.54, 1.807) is 36.4 Å². The zero-order valence-electron chi connectivity index (χ0n) is 17.0. The van der Waals surface area contributed by atoms with Crippen molar-refractivity contribution in [2.75, 3.05) is 26.2 Å². The molecule has 2 aliphatic rings. The minimum absolute atomic E-state index is 0.0984. The quantitative estimate of drug-likeness (QED) is 0.589. The van der Waals surface area contributed by atoms with Gasteiger partial charge in [0.15, 0.2) is 0 Å². The van der Waals surface area contributed by atoms with E-state index in [-0.39, 0.29) is 40.9 Å². The van der Waals surface area contributed by atoms with Gasteiger partial charge in [-0.25, -0.2) is 16.8 Å². The first-order valence-corrected chi connectivity index (χ1v) is 13.0. The summed E-state index contributed by atoms with van der Waals surface area (Å²) in [6, 6.07) is 19.0. The van der Waals surface area contributed by atoms with Crippen molar-refractivity contribution < 1.29 is 21.6 Å². The summed E-state index contributed by atoms with van der Waals surface area (Å²) in [4.78, 5) is 14.4. The lowest BCUT2D eigenvalue weighted by atomic mass is 10.1. The molecule has 0 atom stereocenters. The topological polar surface area (TPSA) is 91.8 Å². The lowest BCUT2D eigenvalue weighted by molar-refractivity contribution is -0.127. The number of sulfonamides is 1. The van der Waals surface area contributed by atoms with Gasteiger partial charge in [0.2, 0.25) is 19.9 Å². The monoisotopic (exact) mass is 468 g/mol. The number of carbonyl (C=O) groups is 1. The number of amides is 1. The van der Waals surface area contributed by atoms with Crippen LogP contribution in [0.2, 0.25) is 0 Å². The summed E-state index contributed by atoms with van der Waals surface area (Å²) in [6.07, 6.45) is 1.39. The molecule has 0 unspecified atom stereocenters. The van der Waals surface area contributed by atoms with Crippen LogP contribution in [-0.4, -0.2) is 58.1 Å². The standard InChI is InChI=1S/C23H20N2O5S2/c26-23(22-16-19-7-3-4-8-21(19)31(22,27)28)24-11-13-25(14-12-24)32(29,30)20-10-9-17-5-1-2-6-18(17)15-20/h1-10,15-16H,11-14H2. The summed E-state index contributed by atoms with van der Waals surface area (Å²) >= 11 is 0. The fourth-order valence-electron chi connectivity index (χ4n) is 4.12. The number of hydrogen-bond acceptors (Lipinski definition) is 5. The van der Waals surface area contributed by atoms with Crippen molar-refractivity contribution in [3.8, 4) is 0 Å². The van der Waals surface area contributed by atoms with E-state index in [2.05, 4.69) is 0 Å². The summed E-state index contributed by atoms with van der Waals surface area (Å²) < 4.78 is 53.1. The number of sulfone groups is 1. The Kier molecular flexibility index (Phi) is 4.92. The smallest absolute Gasteiger partial charge is 0.265 e. The van der Waals surface area contributed by atoms with Gasteiger partial charge in [0.1, 0.15) is 4.91 Å². The molecule has 0 aromatic heterocycles. The first kappa shape index (κ1) is 20.9. The molecule has 1 amide bonds. The Hall–Kier alpha value is -3.01. The summed E-state index contributed by atoms with van der Waals surface area (Å²) in [6.45, 7) is 0.437. The Bertz CT molecular complexity index is 1490. The Morgan fingerprint density at radius 3 is 2.19 bits per heavy atom. The number of piperazine rings is 1. The van der Waals surface area contributed by atoms with Crippen LogP contribution in [-0.2, 0) is 24.7 Å². The third-order valence-corrected chi connectivity index (χ3v) is 9.60. The molecule has 0 N–H and O–H groups in total. The largest absolute Gasteiger partial charge is 0.335 e. The maximum absolute atomic E-state index is 13.1. The molecule has 164 valence electrons. The highest BCUT2D eigenvalue weighted by Gasteiger charge is 2.38. The second-order valence-electron chi connectivity index (χ2n) is 7.76. The van der Waals surface area contributed by atoms with Crippen LogP contribution in [0.4, 0.5) is 0 Å². The maximum atomic E-state index is 13.1. The van der Waals surface area contributed by atoms with E-state index in [4.69, 9.17) is 0 Å². The van der Waals surface area contributed by atoms with Crippen LogP contribution in [0, 0.1) is 0 Å². The molecular formula is C23H20N2O5S2. The van der Waals surface area contributed by atoms with Gasteiger partial charge >= 0.3 is 0 Å². The maximum Gasteiger partial charge on any atom is 0.265 e. The van der Waals surface area contributed by atoms with Gasteiger partial charge in [-0.15, -0.1) is 0 Å². The highest BCUT2D eigenvalue weighted by Crippen LogP contribution is 2.34. The minimum atomic E-state index is -3.86. The molecule has 3 aromatic carbocycles. The average molecular weight is 469 g/mol. The van der Waals surface area contributed by atoms with Gasteiger partial charge in [-0.1, -0.05) is 48.5 Å². The number of carbonyl (C=O) groups excluding carboxylic acids is 1. The van der Waals surface area contributed by atoms with Crippen molar-refractivity contribution >= 4 is 42.6 Å². The number of rotatable bonds is 3. The zero-order valence-corrected chi connectivity index (χ0v) is 18.6. The number of nitrogens with zero attached hydrogens (tertiary/aromatic N) is 2. The van der Waals surface area contributed by atoms with E-state index in [1.807, 2.05) is 24.3 Å². The summed E-state index contributed by atoms with van der Waals surface area (Å²) in [5, 5.41) is 1.79. The van der Waals surface area contributed by atoms with Crippen molar-refractivity contribution in [2.45, 2.75) is 9.79 Å². The van der Waals surface area contributed by atoms with Crippen LogP contribution >= 0.6 is 0 Å². The van der Waals surface area contributed by atoms with Gasteiger partial charge in [0, 0.05) is 26.2 Å². The molecule has 32 heavy (non-hydrogen) atoms. The molecule has 1 saturated heterocycles. The van der Waals surface area contributed by atoms with Crippen LogP contribution < -0.4 is 0 Å². The van der Waals surface area contributed by atoms with Crippen LogP contribution in [0.25, 0.3) is 16.8 Å². The Morgan fingerprint density at radius 1 is 0.812 bits per heavy atom. The van der Waals surface area contributed by atoms with Gasteiger partial charge in [0.05, 0.1) is 9.79 Å². The Morgan fingerprint density at radius 2 is 1.47 bits per heavy atom. The molecule has 0 aliphatic carbocycles. The van der Waals surface area contributed by atoms with Gasteiger partial charge in [-0.3, -0.25) is 4.79 Å². The van der Waals surface area contributed by atoms with E-state index in [0.29, 0.717) is 5.56 Å². The van der Waals surface area contributed by atoms with E-state index in [9.17, 15) is 21.6 Å². The third kappa shape index (κ3) is 3.33. The van der Waals surface area contributed by atoms with E-state index >= 15 is 0 Å². The first-order valence-electron chi connectivity index (χ1n) is 10.1. The first-order chi connectivity index (χ1) is 15.3. The van der Waals surface area contributed by atoms with Gasteiger partial charge in [-0.05, 0) is 40.6 Å². The number of hydrogen-bond donors (Lipinski definition) is 0. The lowest BCUT2D eigenvalue weighted by Crippen LogP contribution is -2.51. The van der Waals surface area contributed by atoms with Gasteiger partial charge in [-0.2, -0.15) is 4.31 Å². The van der Waals surface area contributed by atoms with Crippen LogP contribution in [0.1, 0.15) is 5.56 Å². The normalized spacial score (nSPS) is 18.4. The van der Waals surface area contributed by atoms with Crippen LogP contribution in [0.15, 0.2) is 81.4 Å². The van der Waals surface area contributed by atoms with Crippen molar-refractivity contribution in [3.05, 3.63) is 77.2 Å².